The Morgan fingerprint density at radius 1 is 0.415 bits per heavy atom. The van der Waals surface area contributed by atoms with Crippen molar-refractivity contribution in [3.63, 3.8) is 0 Å². The lowest BCUT2D eigenvalue weighted by Crippen LogP contribution is -2.45. The highest BCUT2D eigenvalue weighted by Crippen LogP contribution is 2.17. The van der Waals surface area contributed by atoms with Crippen molar-refractivity contribution in [1.82, 2.24) is 5.32 Å². The van der Waals surface area contributed by atoms with Gasteiger partial charge in [-0.05, 0) is 64.2 Å². The molecule has 6 heteroatoms. The highest BCUT2D eigenvalue weighted by molar-refractivity contribution is 5.76. The van der Waals surface area contributed by atoms with Crippen LogP contribution in [-0.2, 0) is 14.3 Å². The summed E-state index contributed by atoms with van der Waals surface area (Å²) in [5.74, 6) is -0.112. The highest BCUT2D eigenvalue weighted by atomic mass is 16.5. The minimum Gasteiger partial charge on any atom is -0.466 e. The van der Waals surface area contributed by atoms with Gasteiger partial charge in [0.15, 0.2) is 0 Å². The number of esters is 1. The zero-order chi connectivity index (χ0) is 47.2. The van der Waals surface area contributed by atoms with Crippen LogP contribution >= 0.6 is 0 Å². The number of aliphatic hydroxyl groups is 2. The average Bonchev–Trinajstić information content (AvgIpc) is 3.31. The molecule has 65 heavy (non-hydrogen) atoms. The largest absolute Gasteiger partial charge is 0.466 e. The summed E-state index contributed by atoms with van der Waals surface area (Å²) in [5.41, 5.74) is 0. The summed E-state index contributed by atoms with van der Waals surface area (Å²) in [6.45, 7) is 4.87. The standard InChI is InChI=1S/C59H113NO5/c1-3-5-7-9-11-13-15-17-19-21-22-23-24-25-27-31-35-39-43-47-51-57(62)56(55-61)60-58(63)52-48-44-40-36-32-29-30-34-38-42-46-50-54-65-59(64)53-49-45-41-37-33-28-26-20-18-16-14-12-10-8-6-4-2/h30,34,47,51,56-57,61-62H,3-29,31-33,35-46,48-50,52-55H2,1-2H3,(H,60,63)/b34-30-,51-47+. The maximum atomic E-state index is 12.5. The first-order valence-electron chi connectivity index (χ1n) is 29.1. The van der Waals surface area contributed by atoms with E-state index in [0.29, 0.717) is 19.4 Å². The third kappa shape index (κ3) is 51.6. The van der Waals surface area contributed by atoms with Crippen LogP contribution in [0.2, 0.25) is 0 Å². The molecule has 0 rings (SSSR count). The molecule has 0 aliphatic heterocycles. The van der Waals surface area contributed by atoms with E-state index in [-0.39, 0.29) is 18.5 Å². The molecular formula is C59H113NO5. The second kappa shape index (κ2) is 54.9. The van der Waals surface area contributed by atoms with Gasteiger partial charge in [0.1, 0.15) is 0 Å². The maximum Gasteiger partial charge on any atom is 0.305 e. The van der Waals surface area contributed by atoms with Crippen LogP contribution in [0.3, 0.4) is 0 Å². The van der Waals surface area contributed by atoms with E-state index in [2.05, 4.69) is 31.3 Å². The van der Waals surface area contributed by atoms with Crippen molar-refractivity contribution in [2.75, 3.05) is 13.2 Å². The monoisotopic (exact) mass is 916 g/mol. The van der Waals surface area contributed by atoms with E-state index in [1.165, 1.54) is 212 Å². The quantitative estimate of drug-likeness (QED) is 0.0321. The van der Waals surface area contributed by atoms with Crippen LogP contribution in [-0.4, -0.2) is 47.4 Å². The van der Waals surface area contributed by atoms with Gasteiger partial charge in [0.25, 0.3) is 0 Å². The first-order valence-corrected chi connectivity index (χ1v) is 29.1. The van der Waals surface area contributed by atoms with Crippen molar-refractivity contribution in [2.24, 2.45) is 0 Å². The molecule has 6 nitrogen and oxygen atoms in total. The molecule has 0 aliphatic rings. The van der Waals surface area contributed by atoms with Crippen LogP contribution in [0.15, 0.2) is 24.3 Å². The van der Waals surface area contributed by atoms with E-state index in [9.17, 15) is 19.8 Å². The van der Waals surface area contributed by atoms with Crippen LogP contribution in [0, 0.1) is 0 Å². The van der Waals surface area contributed by atoms with Gasteiger partial charge in [-0.25, -0.2) is 0 Å². The fourth-order valence-corrected chi connectivity index (χ4v) is 8.98. The molecule has 0 aromatic heterocycles. The topological polar surface area (TPSA) is 95.9 Å². The number of amides is 1. The van der Waals surface area contributed by atoms with E-state index in [1.54, 1.807) is 6.08 Å². The highest BCUT2D eigenvalue weighted by Gasteiger charge is 2.18. The lowest BCUT2D eigenvalue weighted by molar-refractivity contribution is -0.143. The molecule has 2 atom stereocenters. The molecular weight excluding hydrogens is 803 g/mol. The third-order valence-electron chi connectivity index (χ3n) is 13.5. The summed E-state index contributed by atoms with van der Waals surface area (Å²) in [6, 6.07) is -0.647. The first kappa shape index (κ1) is 63.3. The molecule has 0 saturated heterocycles. The minimum absolute atomic E-state index is 0.0205. The predicted octanol–water partition coefficient (Wildman–Crippen LogP) is 17.9. The molecule has 0 saturated carbocycles. The molecule has 0 radical (unpaired) electrons. The molecule has 0 aromatic rings. The summed E-state index contributed by atoms with van der Waals surface area (Å²) in [5, 5.41) is 23.1. The number of aliphatic hydroxyl groups excluding tert-OH is 2. The fraction of sp³-hybridized carbons (Fsp3) is 0.898. The van der Waals surface area contributed by atoms with Gasteiger partial charge < -0.3 is 20.3 Å². The number of unbranched alkanes of at least 4 members (excludes halogenated alkanes) is 41. The molecule has 384 valence electrons. The van der Waals surface area contributed by atoms with E-state index in [4.69, 9.17) is 4.74 Å². The Morgan fingerprint density at radius 2 is 0.723 bits per heavy atom. The van der Waals surface area contributed by atoms with E-state index in [1.807, 2.05) is 6.08 Å². The predicted molar refractivity (Wildman–Crippen MR) is 283 cm³/mol. The molecule has 0 spiro atoms. The summed E-state index contributed by atoms with van der Waals surface area (Å²) in [6.07, 6.45) is 66.3. The van der Waals surface area contributed by atoms with Crippen LogP contribution in [0.5, 0.6) is 0 Å². The Labute approximate surface area is 405 Å². The first-order chi connectivity index (χ1) is 32.0. The SMILES string of the molecule is CCCCCCCCCCCCCCCCCCCC/C=C/C(O)C(CO)NC(=O)CCCCCCC/C=C\CCCCCOC(=O)CCCCCCCCCCCCCCCCCC. The van der Waals surface area contributed by atoms with Crippen molar-refractivity contribution in [3.8, 4) is 0 Å². The van der Waals surface area contributed by atoms with E-state index in [0.717, 1.165) is 77.0 Å². The molecule has 0 bridgehead atoms. The summed E-state index contributed by atoms with van der Waals surface area (Å²) in [4.78, 5) is 24.5. The molecule has 0 fully saturated rings. The zero-order valence-electron chi connectivity index (χ0n) is 43.7. The van der Waals surface area contributed by atoms with Gasteiger partial charge in [-0.2, -0.15) is 0 Å². The van der Waals surface area contributed by atoms with Crippen LogP contribution in [0.4, 0.5) is 0 Å². The van der Waals surface area contributed by atoms with Crippen LogP contribution < -0.4 is 5.32 Å². The number of carbonyl (C=O) groups is 2. The van der Waals surface area contributed by atoms with Gasteiger partial charge in [0.05, 0.1) is 25.4 Å². The Hall–Kier alpha value is -1.66. The zero-order valence-corrected chi connectivity index (χ0v) is 43.7. The Balaban J connectivity index is 3.52. The van der Waals surface area contributed by atoms with Crippen molar-refractivity contribution >= 4 is 11.9 Å². The number of carbonyl (C=O) groups excluding carboxylic acids is 2. The van der Waals surface area contributed by atoms with E-state index >= 15 is 0 Å². The number of hydrogen-bond acceptors (Lipinski definition) is 5. The van der Waals surface area contributed by atoms with Gasteiger partial charge in [-0.3, -0.25) is 9.59 Å². The van der Waals surface area contributed by atoms with E-state index < -0.39 is 12.1 Å². The summed E-state index contributed by atoms with van der Waals surface area (Å²) in [7, 11) is 0. The fourth-order valence-electron chi connectivity index (χ4n) is 8.98. The van der Waals surface area contributed by atoms with Gasteiger partial charge >= 0.3 is 5.97 Å². The van der Waals surface area contributed by atoms with Crippen molar-refractivity contribution < 1.29 is 24.5 Å². The minimum atomic E-state index is -0.861. The van der Waals surface area contributed by atoms with Gasteiger partial charge in [-0.15, -0.1) is 0 Å². The molecule has 2 unspecified atom stereocenters. The van der Waals surface area contributed by atoms with Gasteiger partial charge in [-0.1, -0.05) is 263 Å². The number of ether oxygens (including phenoxy) is 1. The third-order valence-corrected chi connectivity index (χ3v) is 13.5. The number of nitrogens with one attached hydrogen (secondary N) is 1. The Bertz CT molecular complexity index is 1010. The van der Waals surface area contributed by atoms with Crippen LogP contribution in [0.25, 0.3) is 0 Å². The van der Waals surface area contributed by atoms with Crippen molar-refractivity contribution in [2.45, 2.75) is 328 Å². The molecule has 0 aromatic carbocycles. The summed E-state index contributed by atoms with van der Waals surface area (Å²) >= 11 is 0. The Kier molecular flexibility index (Phi) is 53.5. The summed E-state index contributed by atoms with van der Waals surface area (Å²) < 4.78 is 5.46. The van der Waals surface area contributed by atoms with Crippen LogP contribution in [0.1, 0.15) is 316 Å². The average molecular weight is 917 g/mol. The lowest BCUT2D eigenvalue weighted by atomic mass is 10.0. The molecule has 0 heterocycles. The second-order valence-electron chi connectivity index (χ2n) is 20.0. The van der Waals surface area contributed by atoms with Crippen molar-refractivity contribution in [3.05, 3.63) is 24.3 Å². The number of allylic oxidation sites excluding steroid dienone is 3. The number of rotatable bonds is 54. The molecule has 0 aliphatic carbocycles. The normalized spacial score (nSPS) is 12.7. The number of hydrogen-bond donors (Lipinski definition) is 3. The smallest absolute Gasteiger partial charge is 0.305 e. The second-order valence-corrected chi connectivity index (χ2v) is 20.0. The maximum absolute atomic E-state index is 12.5. The molecule has 1 amide bonds. The van der Waals surface area contributed by atoms with Crippen molar-refractivity contribution in [1.29, 1.82) is 0 Å². The van der Waals surface area contributed by atoms with Gasteiger partial charge in [0, 0.05) is 12.8 Å². The van der Waals surface area contributed by atoms with Gasteiger partial charge in [0.2, 0.25) is 5.91 Å². The lowest BCUT2D eigenvalue weighted by Gasteiger charge is -2.20. The molecule has 3 N–H and O–H groups in total. The Morgan fingerprint density at radius 3 is 1.09 bits per heavy atom.